The van der Waals surface area contributed by atoms with Crippen LogP contribution in [0.15, 0.2) is 71.3 Å². The maximum Gasteiger partial charge on any atom is 0.224 e. The third-order valence-electron chi connectivity index (χ3n) is 3.56. The first-order chi connectivity index (χ1) is 11.8. The van der Waals surface area contributed by atoms with Gasteiger partial charge in [-0.1, -0.05) is 58.4 Å². The second-order valence-electron chi connectivity index (χ2n) is 5.41. The van der Waals surface area contributed by atoms with E-state index < -0.39 is 0 Å². The van der Waals surface area contributed by atoms with Crippen molar-refractivity contribution in [3.63, 3.8) is 0 Å². The second kappa shape index (κ2) is 8.45. The fourth-order valence-electron chi connectivity index (χ4n) is 2.35. The quantitative estimate of drug-likeness (QED) is 0.631. The number of rotatable bonds is 7. The number of nitrogens with zero attached hydrogens (tertiary/aromatic N) is 2. The molecule has 4 nitrogen and oxygen atoms in total. The smallest absolute Gasteiger partial charge is 0.224 e. The van der Waals surface area contributed by atoms with E-state index >= 15 is 0 Å². The molecule has 0 spiro atoms. The van der Waals surface area contributed by atoms with Gasteiger partial charge in [0, 0.05) is 23.8 Å². The number of hydrogen-bond donors (Lipinski definition) is 2. The highest BCUT2D eigenvalue weighted by atomic mass is 79.9. The molecule has 5 heteroatoms. The third kappa shape index (κ3) is 5.06. The van der Waals surface area contributed by atoms with Gasteiger partial charge in [-0.15, -0.1) is 0 Å². The Morgan fingerprint density at radius 3 is 2.54 bits per heavy atom. The van der Waals surface area contributed by atoms with Crippen molar-refractivity contribution in [3.8, 4) is 0 Å². The first-order valence-electron chi connectivity index (χ1n) is 7.89. The molecular formula is C19H19BrN4. The van der Waals surface area contributed by atoms with Crippen molar-refractivity contribution in [1.29, 1.82) is 0 Å². The van der Waals surface area contributed by atoms with Crippen molar-refractivity contribution in [1.82, 2.24) is 9.97 Å². The molecule has 0 fully saturated rings. The molecule has 0 unspecified atom stereocenters. The summed E-state index contributed by atoms with van der Waals surface area (Å²) in [5.41, 5.74) is 2.50. The minimum absolute atomic E-state index is 0.644. The molecule has 3 rings (SSSR count). The van der Waals surface area contributed by atoms with Gasteiger partial charge in [-0.05, 0) is 35.7 Å². The molecular weight excluding hydrogens is 364 g/mol. The SMILES string of the molecule is Brc1cccc(CNc2ccnc(NCCc3ccccc3)n2)c1. The van der Waals surface area contributed by atoms with Gasteiger partial charge < -0.3 is 10.6 Å². The van der Waals surface area contributed by atoms with Gasteiger partial charge in [0.25, 0.3) is 0 Å². The number of benzene rings is 2. The zero-order valence-electron chi connectivity index (χ0n) is 13.2. The molecule has 1 aromatic heterocycles. The first kappa shape index (κ1) is 16.5. The van der Waals surface area contributed by atoms with Gasteiger partial charge in [-0.25, -0.2) is 4.98 Å². The Kier molecular flexibility index (Phi) is 5.80. The van der Waals surface area contributed by atoms with Crippen LogP contribution in [0.4, 0.5) is 11.8 Å². The van der Waals surface area contributed by atoms with Gasteiger partial charge in [0.05, 0.1) is 0 Å². The van der Waals surface area contributed by atoms with E-state index in [4.69, 9.17) is 0 Å². The van der Waals surface area contributed by atoms with E-state index in [2.05, 4.69) is 72.9 Å². The van der Waals surface area contributed by atoms with Gasteiger partial charge in [0.15, 0.2) is 0 Å². The lowest BCUT2D eigenvalue weighted by atomic mass is 10.1. The van der Waals surface area contributed by atoms with Crippen molar-refractivity contribution < 1.29 is 0 Å². The zero-order valence-corrected chi connectivity index (χ0v) is 14.8. The number of halogens is 1. The molecule has 3 aromatic rings. The molecule has 0 saturated carbocycles. The van der Waals surface area contributed by atoms with Crippen molar-refractivity contribution in [3.05, 3.63) is 82.5 Å². The average molecular weight is 383 g/mol. The van der Waals surface area contributed by atoms with E-state index in [1.54, 1.807) is 6.20 Å². The molecule has 0 aliphatic carbocycles. The molecule has 0 amide bonds. The highest BCUT2D eigenvalue weighted by Crippen LogP contribution is 2.13. The van der Waals surface area contributed by atoms with Crippen LogP contribution in [-0.2, 0) is 13.0 Å². The van der Waals surface area contributed by atoms with Crippen LogP contribution in [0.3, 0.4) is 0 Å². The largest absolute Gasteiger partial charge is 0.366 e. The molecule has 0 bridgehead atoms. The van der Waals surface area contributed by atoms with Crippen molar-refractivity contribution in [2.24, 2.45) is 0 Å². The fraction of sp³-hybridized carbons (Fsp3) is 0.158. The second-order valence-corrected chi connectivity index (χ2v) is 6.33. The van der Waals surface area contributed by atoms with E-state index in [9.17, 15) is 0 Å². The summed E-state index contributed by atoms with van der Waals surface area (Å²) in [7, 11) is 0. The Labute approximate surface area is 150 Å². The van der Waals surface area contributed by atoms with E-state index in [1.165, 1.54) is 11.1 Å². The lowest BCUT2D eigenvalue weighted by Gasteiger charge is -2.09. The Balaban J connectivity index is 1.52. The summed E-state index contributed by atoms with van der Waals surface area (Å²) in [6, 6.07) is 20.5. The molecule has 0 atom stereocenters. The maximum absolute atomic E-state index is 4.50. The predicted molar refractivity (Wildman–Crippen MR) is 102 cm³/mol. The van der Waals surface area contributed by atoms with Gasteiger partial charge in [0.2, 0.25) is 5.95 Å². The monoisotopic (exact) mass is 382 g/mol. The normalized spacial score (nSPS) is 10.4. The highest BCUT2D eigenvalue weighted by molar-refractivity contribution is 9.10. The fourth-order valence-corrected chi connectivity index (χ4v) is 2.79. The van der Waals surface area contributed by atoms with E-state index in [0.29, 0.717) is 5.95 Å². The van der Waals surface area contributed by atoms with E-state index in [-0.39, 0.29) is 0 Å². The molecule has 122 valence electrons. The minimum Gasteiger partial charge on any atom is -0.366 e. The van der Waals surface area contributed by atoms with Crippen LogP contribution in [0.5, 0.6) is 0 Å². The lowest BCUT2D eigenvalue weighted by molar-refractivity contribution is 0.979. The van der Waals surface area contributed by atoms with Crippen molar-refractivity contribution in [2.75, 3.05) is 17.2 Å². The summed E-state index contributed by atoms with van der Waals surface area (Å²) in [4.78, 5) is 8.77. The molecule has 0 aliphatic rings. The Hall–Kier alpha value is -2.40. The minimum atomic E-state index is 0.644. The molecule has 1 heterocycles. The Morgan fingerprint density at radius 1 is 0.875 bits per heavy atom. The molecule has 0 saturated heterocycles. The van der Waals surface area contributed by atoms with Crippen LogP contribution in [-0.4, -0.2) is 16.5 Å². The number of anilines is 2. The highest BCUT2D eigenvalue weighted by Gasteiger charge is 2.00. The van der Waals surface area contributed by atoms with Crippen molar-refractivity contribution in [2.45, 2.75) is 13.0 Å². The van der Waals surface area contributed by atoms with E-state index in [0.717, 1.165) is 29.8 Å². The molecule has 24 heavy (non-hydrogen) atoms. The Morgan fingerprint density at radius 2 is 1.71 bits per heavy atom. The van der Waals surface area contributed by atoms with Crippen LogP contribution >= 0.6 is 15.9 Å². The summed E-state index contributed by atoms with van der Waals surface area (Å²) < 4.78 is 1.08. The van der Waals surface area contributed by atoms with Crippen LogP contribution in [0.25, 0.3) is 0 Å². The van der Waals surface area contributed by atoms with E-state index in [1.807, 2.05) is 24.3 Å². The van der Waals surface area contributed by atoms with Gasteiger partial charge in [-0.3, -0.25) is 0 Å². The van der Waals surface area contributed by atoms with Gasteiger partial charge in [-0.2, -0.15) is 4.98 Å². The summed E-state index contributed by atoms with van der Waals surface area (Å²) in [5, 5.41) is 6.60. The summed E-state index contributed by atoms with van der Waals surface area (Å²) in [5.74, 6) is 1.46. The Bertz CT molecular complexity index is 777. The summed E-state index contributed by atoms with van der Waals surface area (Å²) >= 11 is 3.48. The maximum atomic E-state index is 4.50. The number of nitrogens with one attached hydrogen (secondary N) is 2. The number of aromatic nitrogens is 2. The predicted octanol–water partition coefficient (Wildman–Crippen LogP) is 4.51. The summed E-state index contributed by atoms with van der Waals surface area (Å²) in [6.45, 7) is 1.53. The summed E-state index contributed by atoms with van der Waals surface area (Å²) in [6.07, 6.45) is 2.71. The third-order valence-corrected chi connectivity index (χ3v) is 4.05. The van der Waals surface area contributed by atoms with Crippen molar-refractivity contribution >= 4 is 27.7 Å². The van der Waals surface area contributed by atoms with Crippen LogP contribution in [0.1, 0.15) is 11.1 Å². The standard InChI is InChI=1S/C19H19BrN4/c20-17-8-4-7-16(13-17)14-23-18-10-12-22-19(24-18)21-11-9-15-5-2-1-3-6-15/h1-8,10,12-13H,9,11,14H2,(H2,21,22,23,24). The van der Waals surface area contributed by atoms with Gasteiger partial charge in [0.1, 0.15) is 5.82 Å². The van der Waals surface area contributed by atoms with Gasteiger partial charge >= 0.3 is 0 Å². The topological polar surface area (TPSA) is 49.8 Å². The zero-order chi connectivity index (χ0) is 16.6. The van der Waals surface area contributed by atoms with Crippen LogP contribution in [0.2, 0.25) is 0 Å². The molecule has 0 aliphatic heterocycles. The van der Waals surface area contributed by atoms with Crippen LogP contribution < -0.4 is 10.6 Å². The average Bonchev–Trinajstić information content (AvgIpc) is 2.61. The molecule has 0 radical (unpaired) electrons. The molecule has 2 N–H and O–H groups in total. The number of hydrogen-bond acceptors (Lipinski definition) is 4. The lowest BCUT2D eigenvalue weighted by Crippen LogP contribution is -2.09. The van der Waals surface area contributed by atoms with Crippen LogP contribution in [0, 0.1) is 0 Å². The first-order valence-corrected chi connectivity index (χ1v) is 8.68. The molecule has 2 aromatic carbocycles.